The number of nitrogens with one attached hydrogen (secondary N) is 1. The van der Waals surface area contributed by atoms with Crippen molar-refractivity contribution < 1.29 is 13.9 Å². The van der Waals surface area contributed by atoms with Gasteiger partial charge in [0.25, 0.3) is 0 Å². The van der Waals surface area contributed by atoms with Crippen LogP contribution < -0.4 is 0 Å². The molecule has 0 aliphatic carbocycles. The summed E-state index contributed by atoms with van der Waals surface area (Å²) in [4.78, 5) is 11.6. The molecule has 2 rings (SSSR count). The molecule has 0 spiro atoms. The molecule has 1 N–H and O–H groups in total. The summed E-state index contributed by atoms with van der Waals surface area (Å²) in [5, 5.41) is 9.78. The first kappa shape index (κ1) is 12.7. The van der Waals surface area contributed by atoms with Gasteiger partial charge in [-0.25, -0.2) is 9.18 Å². The molecular weight excluding hydrogens is 305 g/mol. The monoisotopic (exact) mass is 313 g/mol. The van der Waals surface area contributed by atoms with E-state index in [1.54, 1.807) is 19.1 Å². The van der Waals surface area contributed by atoms with Gasteiger partial charge in [-0.15, -0.1) is 5.10 Å². The Morgan fingerprint density at radius 2 is 2.28 bits per heavy atom. The largest absolute Gasteiger partial charge is 0.461 e. The van der Waals surface area contributed by atoms with Crippen molar-refractivity contribution in [2.75, 3.05) is 6.61 Å². The molecule has 7 heteroatoms. The second-order valence-electron chi connectivity index (χ2n) is 3.34. The maximum Gasteiger partial charge on any atom is 0.361 e. The van der Waals surface area contributed by atoms with E-state index in [0.29, 0.717) is 0 Å². The van der Waals surface area contributed by atoms with E-state index < -0.39 is 11.8 Å². The van der Waals surface area contributed by atoms with Crippen LogP contribution in [0.5, 0.6) is 0 Å². The van der Waals surface area contributed by atoms with E-state index in [-0.39, 0.29) is 28.0 Å². The summed E-state index contributed by atoms with van der Waals surface area (Å²) >= 11 is 3.07. The quantitative estimate of drug-likeness (QED) is 0.884. The number of carbonyl (C=O) groups is 1. The van der Waals surface area contributed by atoms with Crippen LogP contribution in [0.1, 0.15) is 17.4 Å². The third-order valence-corrected chi connectivity index (χ3v) is 2.84. The van der Waals surface area contributed by atoms with Gasteiger partial charge in [0.05, 0.1) is 11.1 Å². The van der Waals surface area contributed by atoms with Gasteiger partial charge in [-0.3, -0.25) is 0 Å². The third-order valence-electron chi connectivity index (χ3n) is 2.22. The predicted octanol–water partition coefficient (Wildman–Crippen LogP) is 2.55. The van der Waals surface area contributed by atoms with E-state index in [4.69, 9.17) is 4.74 Å². The van der Waals surface area contributed by atoms with Crippen molar-refractivity contribution in [1.82, 2.24) is 15.4 Å². The highest BCUT2D eigenvalue weighted by molar-refractivity contribution is 9.10. The molecular formula is C11H9BrFN3O2. The van der Waals surface area contributed by atoms with Crippen molar-refractivity contribution >= 4 is 21.9 Å². The third kappa shape index (κ3) is 2.26. The zero-order valence-electron chi connectivity index (χ0n) is 9.41. The summed E-state index contributed by atoms with van der Waals surface area (Å²) in [6.45, 7) is 1.89. The molecule has 0 bridgehead atoms. The van der Waals surface area contributed by atoms with Crippen molar-refractivity contribution in [1.29, 1.82) is 0 Å². The Balaban J connectivity index is 2.49. The highest BCUT2D eigenvalue weighted by atomic mass is 79.9. The van der Waals surface area contributed by atoms with Gasteiger partial charge >= 0.3 is 5.97 Å². The molecule has 18 heavy (non-hydrogen) atoms. The van der Waals surface area contributed by atoms with Crippen LogP contribution in [0.3, 0.4) is 0 Å². The van der Waals surface area contributed by atoms with Crippen molar-refractivity contribution in [2.45, 2.75) is 6.92 Å². The molecule has 0 fully saturated rings. The number of halogens is 2. The van der Waals surface area contributed by atoms with Gasteiger partial charge in [0.2, 0.25) is 0 Å². The molecule has 0 unspecified atom stereocenters. The molecule has 0 saturated heterocycles. The molecule has 0 aliphatic rings. The van der Waals surface area contributed by atoms with Gasteiger partial charge in [-0.2, -0.15) is 10.3 Å². The smallest absolute Gasteiger partial charge is 0.361 e. The molecule has 0 amide bonds. The second kappa shape index (κ2) is 5.26. The first-order chi connectivity index (χ1) is 8.65. The minimum atomic E-state index is -0.638. The van der Waals surface area contributed by atoms with Crippen LogP contribution in [0.2, 0.25) is 0 Å². The zero-order valence-corrected chi connectivity index (χ0v) is 11.0. The average molecular weight is 314 g/mol. The maximum atomic E-state index is 13.9. The normalized spacial score (nSPS) is 10.4. The van der Waals surface area contributed by atoms with Gasteiger partial charge in [-0.05, 0) is 35.0 Å². The lowest BCUT2D eigenvalue weighted by Crippen LogP contribution is -2.07. The van der Waals surface area contributed by atoms with E-state index in [9.17, 15) is 9.18 Å². The fourth-order valence-corrected chi connectivity index (χ4v) is 1.81. The topological polar surface area (TPSA) is 67.9 Å². The Morgan fingerprint density at radius 1 is 1.50 bits per heavy atom. The Bertz CT molecular complexity index is 585. The second-order valence-corrected chi connectivity index (χ2v) is 4.20. The molecule has 5 nitrogen and oxygen atoms in total. The van der Waals surface area contributed by atoms with Gasteiger partial charge in [0.15, 0.2) is 5.69 Å². The number of esters is 1. The van der Waals surface area contributed by atoms with E-state index in [1.807, 2.05) is 0 Å². The molecule has 1 aromatic heterocycles. The first-order valence-electron chi connectivity index (χ1n) is 5.17. The van der Waals surface area contributed by atoms with Crippen LogP contribution in [-0.4, -0.2) is 28.0 Å². The van der Waals surface area contributed by atoms with E-state index >= 15 is 0 Å². The first-order valence-corrected chi connectivity index (χ1v) is 5.96. The molecule has 94 valence electrons. The standard InChI is InChI=1S/C11H9BrFN3O2/c1-2-18-11(17)10-9(14-16-15-10)6-4-3-5-7(12)8(6)13/h3-5H,2H2,1H3,(H,14,15,16). The fourth-order valence-electron chi connectivity index (χ4n) is 1.45. The number of rotatable bonds is 3. The summed E-state index contributed by atoms with van der Waals surface area (Å²) in [5.41, 5.74) is 0.280. The Morgan fingerprint density at radius 3 is 3.00 bits per heavy atom. The van der Waals surface area contributed by atoms with Gasteiger partial charge in [-0.1, -0.05) is 6.07 Å². The highest BCUT2D eigenvalue weighted by Crippen LogP contribution is 2.28. The van der Waals surface area contributed by atoms with Crippen molar-refractivity contribution in [3.05, 3.63) is 34.2 Å². The average Bonchev–Trinajstić information content (AvgIpc) is 2.82. The van der Waals surface area contributed by atoms with Crippen molar-refractivity contribution in [2.24, 2.45) is 0 Å². The van der Waals surface area contributed by atoms with Crippen molar-refractivity contribution in [3.63, 3.8) is 0 Å². The number of nitrogens with zero attached hydrogens (tertiary/aromatic N) is 2. The minimum Gasteiger partial charge on any atom is -0.461 e. The lowest BCUT2D eigenvalue weighted by atomic mass is 10.1. The number of hydrogen-bond acceptors (Lipinski definition) is 4. The Hall–Kier alpha value is -1.76. The molecule has 2 aromatic rings. The van der Waals surface area contributed by atoms with Crippen LogP contribution in [0.15, 0.2) is 22.7 Å². The number of carbonyl (C=O) groups excluding carboxylic acids is 1. The Labute approximate surface area is 110 Å². The molecule has 0 saturated carbocycles. The van der Waals surface area contributed by atoms with Crippen LogP contribution in [0.4, 0.5) is 4.39 Å². The SMILES string of the molecule is CCOC(=O)c1n[nH]nc1-c1cccc(Br)c1F. The van der Waals surface area contributed by atoms with Crippen molar-refractivity contribution in [3.8, 4) is 11.3 Å². The number of hydrogen-bond donors (Lipinski definition) is 1. The molecule has 1 heterocycles. The van der Waals surface area contributed by atoms with E-state index in [1.165, 1.54) is 6.07 Å². The van der Waals surface area contributed by atoms with Gasteiger partial charge in [0, 0.05) is 5.56 Å². The van der Waals surface area contributed by atoms with Gasteiger partial charge < -0.3 is 4.74 Å². The number of H-pyrrole nitrogens is 1. The number of ether oxygens (including phenoxy) is 1. The summed E-state index contributed by atoms with van der Waals surface area (Å²) in [5.74, 6) is -1.14. The molecule has 0 aliphatic heterocycles. The number of aromatic nitrogens is 3. The molecule has 0 radical (unpaired) electrons. The number of benzene rings is 1. The molecule has 1 aromatic carbocycles. The van der Waals surface area contributed by atoms with Crippen LogP contribution in [-0.2, 0) is 4.74 Å². The minimum absolute atomic E-state index is 0.0335. The number of aromatic amines is 1. The van der Waals surface area contributed by atoms with Gasteiger partial charge in [0.1, 0.15) is 11.5 Å². The van der Waals surface area contributed by atoms with Crippen LogP contribution in [0.25, 0.3) is 11.3 Å². The van der Waals surface area contributed by atoms with Crippen LogP contribution >= 0.6 is 15.9 Å². The summed E-state index contributed by atoms with van der Waals surface area (Å²) in [7, 11) is 0. The van der Waals surface area contributed by atoms with Crippen LogP contribution in [0, 0.1) is 5.82 Å². The lowest BCUT2D eigenvalue weighted by molar-refractivity contribution is 0.0520. The summed E-state index contributed by atoms with van der Waals surface area (Å²) < 4.78 is 19.0. The maximum absolute atomic E-state index is 13.9. The predicted molar refractivity (Wildman–Crippen MR) is 65.4 cm³/mol. The molecule has 0 atom stereocenters. The van der Waals surface area contributed by atoms with E-state index in [2.05, 4.69) is 31.3 Å². The summed E-state index contributed by atoms with van der Waals surface area (Å²) in [6, 6.07) is 4.72. The summed E-state index contributed by atoms with van der Waals surface area (Å²) in [6.07, 6.45) is 0. The lowest BCUT2D eigenvalue weighted by Gasteiger charge is -2.03. The zero-order chi connectivity index (χ0) is 13.1. The fraction of sp³-hybridized carbons (Fsp3) is 0.182. The highest BCUT2D eigenvalue weighted by Gasteiger charge is 2.21. The Kier molecular flexibility index (Phi) is 3.71. The van der Waals surface area contributed by atoms with E-state index in [0.717, 1.165) is 0 Å².